The Morgan fingerprint density at radius 1 is 1.25 bits per heavy atom. The number of ketones is 1. The highest BCUT2D eigenvalue weighted by Gasteiger charge is 2.62. The van der Waals surface area contributed by atoms with Gasteiger partial charge >= 0.3 is 11.9 Å². The summed E-state index contributed by atoms with van der Waals surface area (Å²) in [6.07, 6.45) is 3.34. The lowest BCUT2D eigenvalue weighted by molar-refractivity contribution is -0.178. The molecule has 1 heterocycles. The molecule has 6 heteroatoms. The van der Waals surface area contributed by atoms with E-state index in [0.717, 1.165) is 12.0 Å². The SMILES string of the molecule is C/C=C(/C)C(=O)O[C@H]1CC[C@H](C)[C@@]2(C)[C@H](OC(C)=O)c3c(C)coc3C(=O)[C@H]12. The molecule has 6 nitrogen and oxygen atoms in total. The Morgan fingerprint density at radius 2 is 1.93 bits per heavy atom. The summed E-state index contributed by atoms with van der Waals surface area (Å²) in [5, 5.41) is 0. The minimum absolute atomic E-state index is 0.0889. The normalized spacial score (nSPS) is 32.4. The van der Waals surface area contributed by atoms with Crippen LogP contribution in [0.5, 0.6) is 0 Å². The first-order valence-electron chi connectivity index (χ1n) is 9.76. The number of Topliss-reactive ketones (excluding diaryl/α,β-unsaturated/α-hetero) is 1. The maximum Gasteiger partial charge on any atom is 0.333 e. The van der Waals surface area contributed by atoms with Gasteiger partial charge in [-0.25, -0.2) is 4.79 Å². The predicted molar refractivity (Wildman–Crippen MR) is 102 cm³/mol. The van der Waals surface area contributed by atoms with Crippen molar-refractivity contribution in [1.29, 1.82) is 0 Å². The van der Waals surface area contributed by atoms with Gasteiger partial charge in [0.25, 0.3) is 0 Å². The average molecular weight is 388 g/mol. The van der Waals surface area contributed by atoms with Crippen LogP contribution in [0.25, 0.3) is 0 Å². The van der Waals surface area contributed by atoms with Crippen molar-refractivity contribution in [3.8, 4) is 0 Å². The fourth-order valence-electron chi connectivity index (χ4n) is 4.72. The summed E-state index contributed by atoms with van der Waals surface area (Å²) < 4.78 is 17.1. The van der Waals surface area contributed by atoms with Gasteiger partial charge in [-0.15, -0.1) is 0 Å². The summed E-state index contributed by atoms with van der Waals surface area (Å²) in [5.74, 6) is -1.36. The molecule has 0 aromatic carbocycles. The first-order valence-corrected chi connectivity index (χ1v) is 9.76. The highest BCUT2D eigenvalue weighted by Crippen LogP contribution is 2.60. The Morgan fingerprint density at radius 3 is 2.54 bits per heavy atom. The van der Waals surface area contributed by atoms with Crippen LogP contribution in [0.3, 0.4) is 0 Å². The van der Waals surface area contributed by atoms with E-state index in [-0.39, 0.29) is 17.5 Å². The van der Waals surface area contributed by atoms with E-state index in [1.54, 1.807) is 19.9 Å². The molecule has 0 unspecified atom stereocenters. The van der Waals surface area contributed by atoms with Crippen molar-refractivity contribution in [1.82, 2.24) is 0 Å². The topological polar surface area (TPSA) is 82.8 Å². The van der Waals surface area contributed by atoms with Crippen LogP contribution in [0.1, 0.15) is 75.2 Å². The molecule has 2 aliphatic rings. The third-order valence-electron chi connectivity index (χ3n) is 6.64. The molecular weight excluding hydrogens is 360 g/mol. The van der Waals surface area contributed by atoms with Crippen molar-refractivity contribution in [2.24, 2.45) is 17.3 Å². The number of esters is 2. The van der Waals surface area contributed by atoms with Crippen LogP contribution in [0.2, 0.25) is 0 Å². The molecule has 1 saturated carbocycles. The number of aryl methyl sites for hydroxylation is 1. The minimum atomic E-state index is -0.697. The van der Waals surface area contributed by atoms with Gasteiger partial charge in [-0.1, -0.05) is 19.9 Å². The van der Waals surface area contributed by atoms with Gasteiger partial charge in [0.15, 0.2) is 5.76 Å². The molecular formula is C22H28O6. The molecule has 1 aromatic heterocycles. The van der Waals surface area contributed by atoms with Gasteiger partial charge in [0.2, 0.25) is 5.78 Å². The summed E-state index contributed by atoms with van der Waals surface area (Å²) >= 11 is 0. The zero-order valence-corrected chi connectivity index (χ0v) is 17.3. The monoisotopic (exact) mass is 388 g/mol. The standard InChI is InChI=1S/C22H28O6/c1-7-11(2)21(25)28-15-9-8-13(4)22(6)17(15)18(24)19-16(12(3)10-26-19)20(22)27-14(5)23/h7,10,13,15,17,20H,8-9H2,1-6H3/b11-7-/t13-,15-,17-,20+,22+/m0/s1. The molecule has 0 radical (unpaired) electrons. The molecule has 0 amide bonds. The summed E-state index contributed by atoms with van der Waals surface area (Å²) in [4.78, 5) is 37.8. The van der Waals surface area contributed by atoms with E-state index < -0.39 is 35.5 Å². The van der Waals surface area contributed by atoms with E-state index in [1.165, 1.54) is 13.2 Å². The molecule has 0 spiro atoms. The van der Waals surface area contributed by atoms with E-state index in [4.69, 9.17) is 13.9 Å². The van der Waals surface area contributed by atoms with E-state index in [0.29, 0.717) is 17.6 Å². The summed E-state index contributed by atoms with van der Waals surface area (Å²) in [5.41, 5.74) is 1.22. The smallest absolute Gasteiger partial charge is 0.333 e. The van der Waals surface area contributed by atoms with Crippen molar-refractivity contribution < 1.29 is 28.3 Å². The van der Waals surface area contributed by atoms with Crippen molar-refractivity contribution in [2.75, 3.05) is 0 Å². The molecule has 1 fully saturated rings. The lowest BCUT2D eigenvalue weighted by atomic mass is 9.53. The van der Waals surface area contributed by atoms with Crippen molar-refractivity contribution in [2.45, 2.75) is 66.6 Å². The molecule has 2 aliphatic carbocycles. The number of fused-ring (bicyclic) bond motifs is 2. The molecule has 152 valence electrons. The molecule has 5 atom stereocenters. The maximum absolute atomic E-state index is 13.4. The third kappa shape index (κ3) is 2.99. The average Bonchev–Trinajstić information content (AvgIpc) is 3.02. The largest absolute Gasteiger partial charge is 0.460 e. The van der Waals surface area contributed by atoms with Gasteiger partial charge in [0.05, 0.1) is 12.2 Å². The summed E-state index contributed by atoms with van der Waals surface area (Å²) in [6, 6.07) is 0. The number of hydrogen-bond donors (Lipinski definition) is 0. The first-order chi connectivity index (χ1) is 13.1. The fraction of sp³-hybridized carbons (Fsp3) is 0.591. The van der Waals surface area contributed by atoms with E-state index >= 15 is 0 Å². The molecule has 0 aliphatic heterocycles. The second-order valence-electron chi connectivity index (χ2n) is 8.25. The Balaban J connectivity index is 2.12. The van der Waals surface area contributed by atoms with Gasteiger partial charge in [0.1, 0.15) is 12.2 Å². The highest BCUT2D eigenvalue weighted by atomic mass is 16.6. The number of furan rings is 1. The Bertz CT molecular complexity index is 847. The van der Waals surface area contributed by atoms with Crippen molar-refractivity contribution in [3.05, 3.63) is 34.8 Å². The van der Waals surface area contributed by atoms with Crippen LogP contribution in [-0.2, 0) is 19.1 Å². The van der Waals surface area contributed by atoms with Gasteiger partial charge < -0.3 is 13.9 Å². The fourth-order valence-corrected chi connectivity index (χ4v) is 4.72. The van der Waals surface area contributed by atoms with Crippen LogP contribution < -0.4 is 0 Å². The van der Waals surface area contributed by atoms with E-state index in [2.05, 4.69) is 6.92 Å². The Hall–Kier alpha value is -2.37. The quantitative estimate of drug-likeness (QED) is 0.566. The second kappa shape index (κ2) is 7.22. The molecule has 0 N–H and O–H groups in total. The summed E-state index contributed by atoms with van der Waals surface area (Å²) in [6.45, 7) is 10.7. The van der Waals surface area contributed by atoms with Crippen LogP contribution in [-0.4, -0.2) is 23.8 Å². The summed E-state index contributed by atoms with van der Waals surface area (Å²) in [7, 11) is 0. The number of ether oxygens (including phenoxy) is 2. The van der Waals surface area contributed by atoms with Gasteiger partial charge in [0, 0.05) is 23.5 Å². The molecule has 3 rings (SSSR count). The van der Waals surface area contributed by atoms with Crippen LogP contribution in [0.15, 0.2) is 22.3 Å². The molecule has 0 bridgehead atoms. The third-order valence-corrected chi connectivity index (χ3v) is 6.64. The number of rotatable bonds is 3. The van der Waals surface area contributed by atoms with Gasteiger partial charge in [-0.3, -0.25) is 9.59 Å². The Kier molecular flexibility index (Phi) is 5.26. The van der Waals surface area contributed by atoms with Gasteiger partial charge in [-0.05, 0) is 45.1 Å². The molecule has 0 saturated heterocycles. The van der Waals surface area contributed by atoms with Crippen molar-refractivity contribution >= 4 is 17.7 Å². The number of allylic oxidation sites excluding steroid dienone is 1. The van der Waals surface area contributed by atoms with Crippen molar-refractivity contribution in [3.63, 3.8) is 0 Å². The second-order valence-corrected chi connectivity index (χ2v) is 8.25. The first kappa shape index (κ1) is 20.4. The number of carbonyl (C=O) groups excluding carboxylic acids is 3. The van der Waals surface area contributed by atoms with Crippen LogP contribution >= 0.6 is 0 Å². The number of hydrogen-bond acceptors (Lipinski definition) is 6. The van der Waals surface area contributed by atoms with Crippen LogP contribution in [0.4, 0.5) is 0 Å². The Labute approximate surface area is 165 Å². The predicted octanol–water partition coefficient (Wildman–Crippen LogP) is 4.32. The van der Waals surface area contributed by atoms with E-state index in [1.807, 2.05) is 13.8 Å². The molecule has 1 aromatic rings. The zero-order valence-electron chi connectivity index (χ0n) is 17.3. The zero-order chi connectivity index (χ0) is 20.8. The lowest BCUT2D eigenvalue weighted by Crippen LogP contribution is -2.56. The lowest BCUT2D eigenvalue weighted by Gasteiger charge is -2.53. The van der Waals surface area contributed by atoms with Gasteiger partial charge in [-0.2, -0.15) is 0 Å². The molecule has 28 heavy (non-hydrogen) atoms. The highest BCUT2D eigenvalue weighted by molar-refractivity contribution is 6.00. The number of carbonyl (C=O) groups is 3. The van der Waals surface area contributed by atoms with E-state index in [9.17, 15) is 14.4 Å². The maximum atomic E-state index is 13.4. The minimum Gasteiger partial charge on any atom is -0.460 e. The van der Waals surface area contributed by atoms with Crippen LogP contribution in [0, 0.1) is 24.2 Å².